The lowest BCUT2D eigenvalue weighted by Gasteiger charge is -2.25. The largest absolute Gasteiger partial charge is 0.307 e. The van der Waals surface area contributed by atoms with Crippen molar-refractivity contribution in [2.24, 2.45) is 0 Å². The Morgan fingerprint density at radius 2 is 2.19 bits per heavy atom. The van der Waals surface area contributed by atoms with Gasteiger partial charge < -0.3 is 5.32 Å². The fourth-order valence-corrected chi connectivity index (χ4v) is 2.28. The first kappa shape index (κ1) is 11.6. The van der Waals surface area contributed by atoms with Crippen LogP contribution in [0, 0.1) is 0 Å². The van der Waals surface area contributed by atoms with Crippen LogP contribution in [-0.4, -0.2) is 40.8 Å². The fourth-order valence-electron chi connectivity index (χ4n) is 2.28. The van der Waals surface area contributed by atoms with E-state index in [9.17, 15) is 0 Å². The number of nitrogens with one attached hydrogen (secondary N) is 2. The van der Waals surface area contributed by atoms with Gasteiger partial charge in [0.2, 0.25) is 0 Å². The lowest BCUT2D eigenvalue weighted by Crippen LogP contribution is -2.39. The second-order valence-corrected chi connectivity index (χ2v) is 4.73. The Bertz CT molecular complexity index is 290. The first-order valence-electron chi connectivity index (χ1n) is 6.24. The van der Waals surface area contributed by atoms with Crippen molar-refractivity contribution in [3.8, 4) is 0 Å². The number of nitrogens with zero attached hydrogens (tertiary/aromatic N) is 2. The molecule has 1 aliphatic rings. The van der Waals surface area contributed by atoms with Gasteiger partial charge in [0.15, 0.2) is 0 Å². The second-order valence-electron chi connectivity index (χ2n) is 4.73. The van der Waals surface area contributed by atoms with Gasteiger partial charge in [-0.15, -0.1) is 0 Å². The second kappa shape index (κ2) is 5.46. The number of hydrogen-bond acceptors (Lipinski definition) is 3. The van der Waals surface area contributed by atoms with Crippen molar-refractivity contribution in [1.29, 1.82) is 0 Å². The third-order valence-corrected chi connectivity index (χ3v) is 3.47. The number of hydrogen-bond donors (Lipinski definition) is 2. The van der Waals surface area contributed by atoms with E-state index in [0.717, 1.165) is 12.2 Å². The number of H-pyrrole nitrogens is 1. The molecule has 1 aliphatic heterocycles. The van der Waals surface area contributed by atoms with Crippen molar-refractivity contribution < 1.29 is 0 Å². The van der Waals surface area contributed by atoms with E-state index in [-0.39, 0.29) is 0 Å². The van der Waals surface area contributed by atoms with Crippen LogP contribution in [0.3, 0.4) is 0 Å². The highest BCUT2D eigenvalue weighted by atomic mass is 15.2. The maximum Gasteiger partial charge on any atom is 0.0518 e. The topological polar surface area (TPSA) is 44.0 Å². The Kier molecular flexibility index (Phi) is 3.96. The first-order valence-corrected chi connectivity index (χ1v) is 6.24. The molecule has 2 N–H and O–H groups in total. The van der Waals surface area contributed by atoms with Gasteiger partial charge in [0.25, 0.3) is 0 Å². The summed E-state index contributed by atoms with van der Waals surface area (Å²) in [6.07, 6.45) is 4.53. The molecule has 90 valence electrons. The van der Waals surface area contributed by atoms with Crippen LogP contribution in [0.5, 0.6) is 0 Å². The Morgan fingerprint density at radius 1 is 1.44 bits per heavy atom. The highest BCUT2D eigenvalue weighted by molar-refractivity contribution is 5.02. The predicted octanol–water partition coefficient (Wildman–Crippen LogP) is 1.54. The van der Waals surface area contributed by atoms with E-state index in [1.54, 1.807) is 6.20 Å². The van der Waals surface area contributed by atoms with Gasteiger partial charge in [0, 0.05) is 24.8 Å². The molecule has 2 rings (SSSR count). The molecule has 0 amide bonds. The van der Waals surface area contributed by atoms with Crippen LogP contribution >= 0.6 is 0 Å². The molecule has 2 unspecified atom stereocenters. The summed E-state index contributed by atoms with van der Waals surface area (Å²) in [7, 11) is 0. The van der Waals surface area contributed by atoms with E-state index in [4.69, 9.17) is 0 Å². The van der Waals surface area contributed by atoms with E-state index in [1.807, 2.05) is 6.07 Å². The lowest BCUT2D eigenvalue weighted by atomic mass is 10.2. The molecule has 0 radical (unpaired) electrons. The Balaban J connectivity index is 1.74. The molecule has 1 aromatic rings. The van der Waals surface area contributed by atoms with E-state index in [0.29, 0.717) is 12.1 Å². The quantitative estimate of drug-likeness (QED) is 0.794. The van der Waals surface area contributed by atoms with Crippen LogP contribution < -0.4 is 5.32 Å². The molecule has 0 spiro atoms. The normalized spacial score (nSPS) is 21.1. The fraction of sp³-hybridized carbons (Fsp3) is 0.750. The lowest BCUT2D eigenvalue weighted by molar-refractivity contribution is 0.247. The van der Waals surface area contributed by atoms with E-state index in [2.05, 4.69) is 34.3 Å². The molecule has 1 saturated heterocycles. The first-order chi connectivity index (χ1) is 7.77. The monoisotopic (exact) mass is 222 g/mol. The summed E-state index contributed by atoms with van der Waals surface area (Å²) in [4.78, 5) is 2.56. The summed E-state index contributed by atoms with van der Waals surface area (Å²) in [5, 5.41) is 10.5. The molecule has 4 heteroatoms. The third kappa shape index (κ3) is 2.83. The number of rotatable bonds is 5. The number of likely N-dealkylation sites (tertiary alicyclic amines) is 1. The molecule has 1 aromatic heterocycles. The summed E-state index contributed by atoms with van der Waals surface area (Å²) in [5.41, 5.74) is 1.16. The molecule has 0 aromatic carbocycles. The molecule has 4 nitrogen and oxygen atoms in total. The SMILES string of the molecule is CC(NCC(C)N1CCCC1)c1ccn[nH]1. The van der Waals surface area contributed by atoms with Crippen LogP contribution in [0.1, 0.15) is 38.4 Å². The van der Waals surface area contributed by atoms with Gasteiger partial charge in [-0.3, -0.25) is 10.00 Å². The minimum absolute atomic E-state index is 0.354. The van der Waals surface area contributed by atoms with Gasteiger partial charge in [0.1, 0.15) is 0 Å². The van der Waals surface area contributed by atoms with Gasteiger partial charge in [-0.25, -0.2) is 0 Å². The predicted molar refractivity (Wildman–Crippen MR) is 65.3 cm³/mol. The summed E-state index contributed by atoms with van der Waals surface area (Å²) in [6.45, 7) is 8.05. The van der Waals surface area contributed by atoms with Crippen molar-refractivity contribution in [2.45, 2.75) is 38.8 Å². The van der Waals surface area contributed by atoms with Gasteiger partial charge >= 0.3 is 0 Å². The van der Waals surface area contributed by atoms with Gasteiger partial charge in [-0.1, -0.05) is 0 Å². The van der Waals surface area contributed by atoms with Gasteiger partial charge in [-0.2, -0.15) is 5.10 Å². The molecule has 0 bridgehead atoms. The number of aromatic nitrogens is 2. The van der Waals surface area contributed by atoms with Crippen LogP contribution in [0.4, 0.5) is 0 Å². The molecular weight excluding hydrogens is 200 g/mol. The maximum atomic E-state index is 3.97. The smallest absolute Gasteiger partial charge is 0.0518 e. The summed E-state index contributed by atoms with van der Waals surface area (Å²) in [6, 6.07) is 3.01. The zero-order chi connectivity index (χ0) is 11.4. The van der Waals surface area contributed by atoms with Crippen molar-refractivity contribution in [3.05, 3.63) is 18.0 Å². The molecular formula is C12H22N4. The van der Waals surface area contributed by atoms with Gasteiger partial charge in [-0.05, 0) is 45.8 Å². The highest BCUT2D eigenvalue weighted by Crippen LogP contribution is 2.12. The number of aromatic amines is 1. The third-order valence-electron chi connectivity index (χ3n) is 3.47. The summed E-state index contributed by atoms with van der Waals surface area (Å²) >= 11 is 0. The zero-order valence-corrected chi connectivity index (χ0v) is 10.2. The Morgan fingerprint density at radius 3 is 2.81 bits per heavy atom. The minimum atomic E-state index is 0.354. The van der Waals surface area contributed by atoms with Crippen molar-refractivity contribution in [1.82, 2.24) is 20.4 Å². The van der Waals surface area contributed by atoms with E-state index in [1.165, 1.54) is 25.9 Å². The van der Waals surface area contributed by atoms with Crippen molar-refractivity contribution in [3.63, 3.8) is 0 Å². The maximum absolute atomic E-state index is 3.97. The summed E-state index contributed by atoms with van der Waals surface area (Å²) < 4.78 is 0. The Labute approximate surface area is 97.4 Å². The van der Waals surface area contributed by atoms with Crippen LogP contribution in [0.2, 0.25) is 0 Å². The van der Waals surface area contributed by atoms with Crippen LogP contribution in [0.25, 0.3) is 0 Å². The Hall–Kier alpha value is -0.870. The summed E-state index contributed by atoms with van der Waals surface area (Å²) in [5.74, 6) is 0. The molecule has 0 saturated carbocycles. The average molecular weight is 222 g/mol. The molecule has 2 heterocycles. The highest BCUT2D eigenvalue weighted by Gasteiger charge is 2.18. The molecule has 1 fully saturated rings. The molecule has 2 atom stereocenters. The molecule has 0 aliphatic carbocycles. The van der Waals surface area contributed by atoms with Crippen molar-refractivity contribution in [2.75, 3.05) is 19.6 Å². The average Bonchev–Trinajstić information content (AvgIpc) is 2.95. The molecule has 16 heavy (non-hydrogen) atoms. The van der Waals surface area contributed by atoms with Crippen LogP contribution in [0.15, 0.2) is 12.3 Å². The van der Waals surface area contributed by atoms with Gasteiger partial charge in [0.05, 0.1) is 5.69 Å². The zero-order valence-electron chi connectivity index (χ0n) is 10.2. The van der Waals surface area contributed by atoms with Crippen LogP contribution in [-0.2, 0) is 0 Å². The van der Waals surface area contributed by atoms with E-state index >= 15 is 0 Å². The van der Waals surface area contributed by atoms with Crippen molar-refractivity contribution >= 4 is 0 Å². The standard InChI is InChI=1S/C12H22N4/c1-10(16-7-3-4-8-16)9-13-11(2)12-5-6-14-15-12/h5-6,10-11,13H,3-4,7-9H2,1-2H3,(H,14,15). The van der Waals surface area contributed by atoms with E-state index < -0.39 is 0 Å². The minimum Gasteiger partial charge on any atom is -0.307 e.